The lowest BCUT2D eigenvalue weighted by molar-refractivity contribution is -0.161. The van der Waals surface area contributed by atoms with Gasteiger partial charge in [-0.15, -0.1) is 0 Å². The number of carbonyl (C=O) groups is 3. The molecule has 3 atom stereocenters. The Morgan fingerprint density at radius 3 is 1.10 bits per heavy atom. The molecular formula is C60H107O11P. The fourth-order valence-electron chi connectivity index (χ4n) is 8.08. The number of allylic oxidation sites excluding steroid dienone is 9. The molecule has 0 aromatic rings. The van der Waals surface area contributed by atoms with E-state index in [0.717, 1.165) is 64.2 Å². The van der Waals surface area contributed by atoms with Crippen molar-refractivity contribution in [2.75, 3.05) is 26.4 Å². The lowest BCUT2D eigenvalue weighted by atomic mass is 10.0. The van der Waals surface area contributed by atoms with Gasteiger partial charge in [0.2, 0.25) is 0 Å². The molecule has 0 saturated heterocycles. The predicted molar refractivity (Wildman–Crippen MR) is 298 cm³/mol. The van der Waals surface area contributed by atoms with Crippen LogP contribution in [0.25, 0.3) is 0 Å². The molecule has 0 amide bonds. The van der Waals surface area contributed by atoms with Gasteiger partial charge in [-0.1, -0.05) is 261 Å². The van der Waals surface area contributed by atoms with E-state index in [1.54, 1.807) is 6.08 Å². The van der Waals surface area contributed by atoms with Crippen LogP contribution in [0.5, 0.6) is 0 Å². The minimum atomic E-state index is -4.77. The van der Waals surface area contributed by atoms with Gasteiger partial charge in [0.05, 0.1) is 26.2 Å². The summed E-state index contributed by atoms with van der Waals surface area (Å²) in [4.78, 5) is 48.4. The van der Waals surface area contributed by atoms with Crippen LogP contribution in [0.3, 0.4) is 0 Å². The zero-order valence-corrected chi connectivity index (χ0v) is 47.0. The van der Waals surface area contributed by atoms with Crippen LogP contribution in [-0.4, -0.2) is 66.5 Å². The van der Waals surface area contributed by atoms with Crippen molar-refractivity contribution >= 4 is 25.7 Å². The molecule has 12 heteroatoms. The fraction of sp³-hybridized carbons (Fsp3) is 0.783. The number of ether oxygens (including phenoxy) is 3. The highest BCUT2D eigenvalue weighted by atomic mass is 31.2. The van der Waals surface area contributed by atoms with Crippen LogP contribution >= 0.6 is 7.82 Å². The van der Waals surface area contributed by atoms with Crippen molar-refractivity contribution in [3.63, 3.8) is 0 Å². The normalized spacial score (nSPS) is 13.8. The number of aliphatic hydroxyl groups is 1. The molecule has 0 bridgehead atoms. The van der Waals surface area contributed by atoms with Crippen molar-refractivity contribution in [2.24, 2.45) is 0 Å². The first-order valence-electron chi connectivity index (χ1n) is 29.2. The Bertz CT molecular complexity index is 1440. The molecule has 0 rings (SSSR count). The summed E-state index contributed by atoms with van der Waals surface area (Å²) in [5.41, 5.74) is 0. The smallest absolute Gasteiger partial charge is 0.462 e. The van der Waals surface area contributed by atoms with E-state index in [0.29, 0.717) is 19.3 Å². The number of rotatable bonds is 54. The van der Waals surface area contributed by atoms with Gasteiger partial charge in [-0.3, -0.25) is 23.4 Å². The van der Waals surface area contributed by atoms with Crippen molar-refractivity contribution < 1.29 is 52.2 Å². The molecule has 0 fully saturated rings. The first-order valence-corrected chi connectivity index (χ1v) is 30.7. The first-order chi connectivity index (χ1) is 35.2. The standard InChI is InChI=1S/C60H107O11P/c1-4-7-10-13-16-19-22-24-26-27-28-29-31-33-36-39-42-45-48-51-60(64)71-57(53-67-58(62)49-46-43-40-37-34-21-18-15-12-9-6-3)55-69-72(65,66)68-54-56(52-61)70-59(63)50-47-44-41-38-35-32-30-25-23-20-17-14-11-8-5-2/h8,11,17,20,25,30,35,38,44,47,56-57,61H,4-7,9-10,12-16,18-19,21-24,26-29,31-34,36-37,39-43,45-46,48-55H2,1-3H3,(H,65,66)/b11-8-,20-17-,30-25-,38-35-,47-44-. The van der Waals surface area contributed by atoms with E-state index in [2.05, 4.69) is 57.2 Å². The number of aliphatic hydroxyl groups excluding tert-OH is 1. The third-order valence-corrected chi connectivity index (χ3v) is 13.4. The summed E-state index contributed by atoms with van der Waals surface area (Å²) in [6, 6.07) is 0. The van der Waals surface area contributed by atoms with Crippen LogP contribution in [-0.2, 0) is 42.2 Å². The molecule has 0 aliphatic heterocycles. The number of phosphoric acid groups is 1. The van der Waals surface area contributed by atoms with Crippen molar-refractivity contribution in [1.29, 1.82) is 0 Å². The van der Waals surface area contributed by atoms with Crippen LogP contribution in [0.15, 0.2) is 60.8 Å². The van der Waals surface area contributed by atoms with Gasteiger partial charge in [0.15, 0.2) is 6.10 Å². The largest absolute Gasteiger partial charge is 0.472 e. The summed E-state index contributed by atoms with van der Waals surface area (Å²) >= 11 is 0. The Labute approximate surface area is 440 Å². The number of hydrogen-bond donors (Lipinski definition) is 2. The predicted octanol–water partition coefficient (Wildman–Crippen LogP) is 17.1. The Morgan fingerprint density at radius 1 is 0.403 bits per heavy atom. The van der Waals surface area contributed by atoms with Crippen molar-refractivity contribution in [1.82, 2.24) is 0 Å². The second-order valence-electron chi connectivity index (χ2n) is 19.5. The van der Waals surface area contributed by atoms with Crippen LogP contribution in [0.4, 0.5) is 0 Å². The van der Waals surface area contributed by atoms with Gasteiger partial charge in [-0.05, 0) is 44.9 Å². The summed E-state index contributed by atoms with van der Waals surface area (Å²) in [6.07, 6.45) is 59.3. The number of phosphoric ester groups is 1. The van der Waals surface area contributed by atoms with Crippen LogP contribution in [0.1, 0.15) is 265 Å². The SMILES string of the molecule is CC/C=C\C/C=C\C/C=C\C/C=C\C/C=C\CC(=O)OC(CO)COP(=O)(O)OCC(COC(=O)CCCCCCCCCCCCC)OC(=O)CCCCCCCCCCCCCCCCCCCCC. The van der Waals surface area contributed by atoms with E-state index in [4.69, 9.17) is 23.3 Å². The van der Waals surface area contributed by atoms with E-state index >= 15 is 0 Å². The minimum Gasteiger partial charge on any atom is -0.462 e. The molecule has 0 aromatic heterocycles. The number of carbonyl (C=O) groups excluding carboxylic acids is 3. The van der Waals surface area contributed by atoms with E-state index in [-0.39, 0.29) is 25.9 Å². The number of unbranched alkanes of at least 4 members (excludes halogenated alkanes) is 28. The van der Waals surface area contributed by atoms with Gasteiger partial charge < -0.3 is 24.2 Å². The van der Waals surface area contributed by atoms with E-state index < -0.39 is 57.8 Å². The average molecular weight is 1040 g/mol. The van der Waals surface area contributed by atoms with Crippen LogP contribution in [0, 0.1) is 0 Å². The average Bonchev–Trinajstić information content (AvgIpc) is 3.37. The highest BCUT2D eigenvalue weighted by Crippen LogP contribution is 2.43. The van der Waals surface area contributed by atoms with Crippen molar-refractivity contribution in [3.05, 3.63) is 60.8 Å². The van der Waals surface area contributed by atoms with Crippen molar-refractivity contribution in [3.8, 4) is 0 Å². The lowest BCUT2D eigenvalue weighted by Gasteiger charge is -2.21. The minimum absolute atomic E-state index is 0.0537. The topological polar surface area (TPSA) is 155 Å². The number of hydrogen-bond acceptors (Lipinski definition) is 10. The second kappa shape index (κ2) is 54.4. The summed E-state index contributed by atoms with van der Waals surface area (Å²) in [5, 5.41) is 9.78. The quantitative estimate of drug-likeness (QED) is 0.0197. The van der Waals surface area contributed by atoms with E-state index in [1.807, 2.05) is 18.2 Å². The highest BCUT2D eigenvalue weighted by molar-refractivity contribution is 7.47. The molecular weight excluding hydrogens is 928 g/mol. The van der Waals surface area contributed by atoms with Gasteiger partial charge in [-0.2, -0.15) is 0 Å². The zero-order valence-electron chi connectivity index (χ0n) is 46.1. The first kappa shape index (κ1) is 69.2. The Balaban J connectivity index is 4.72. The zero-order chi connectivity index (χ0) is 52.7. The van der Waals surface area contributed by atoms with Crippen LogP contribution < -0.4 is 0 Å². The van der Waals surface area contributed by atoms with Gasteiger partial charge >= 0.3 is 25.7 Å². The van der Waals surface area contributed by atoms with E-state index in [9.17, 15) is 28.9 Å². The Morgan fingerprint density at radius 2 is 0.722 bits per heavy atom. The molecule has 0 aliphatic carbocycles. The molecule has 72 heavy (non-hydrogen) atoms. The second-order valence-corrected chi connectivity index (χ2v) is 20.9. The molecule has 0 saturated carbocycles. The molecule has 3 unspecified atom stereocenters. The Kier molecular flexibility index (Phi) is 52.3. The molecule has 2 N–H and O–H groups in total. The molecule has 0 aromatic carbocycles. The summed E-state index contributed by atoms with van der Waals surface area (Å²) in [5.74, 6) is -1.59. The fourth-order valence-corrected chi connectivity index (χ4v) is 8.86. The molecule has 0 aliphatic rings. The molecule has 11 nitrogen and oxygen atoms in total. The lowest BCUT2D eigenvalue weighted by Crippen LogP contribution is -2.30. The van der Waals surface area contributed by atoms with E-state index in [1.165, 1.54) is 141 Å². The Hall–Kier alpha value is -2.82. The maximum absolute atomic E-state index is 12.9. The maximum Gasteiger partial charge on any atom is 0.472 e. The molecule has 0 heterocycles. The maximum atomic E-state index is 12.9. The van der Waals surface area contributed by atoms with Crippen LogP contribution in [0.2, 0.25) is 0 Å². The monoisotopic (exact) mass is 1030 g/mol. The van der Waals surface area contributed by atoms with Gasteiger partial charge in [0.1, 0.15) is 12.7 Å². The summed E-state index contributed by atoms with van der Waals surface area (Å²) in [7, 11) is -4.77. The van der Waals surface area contributed by atoms with Gasteiger partial charge in [0, 0.05) is 12.8 Å². The van der Waals surface area contributed by atoms with Crippen molar-refractivity contribution in [2.45, 2.75) is 277 Å². The van der Waals surface area contributed by atoms with Gasteiger partial charge in [-0.25, -0.2) is 4.57 Å². The summed E-state index contributed by atoms with van der Waals surface area (Å²) < 4.78 is 39.4. The highest BCUT2D eigenvalue weighted by Gasteiger charge is 2.28. The molecule has 0 spiro atoms. The third-order valence-electron chi connectivity index (χ3n) is 12.5. The number of esters is 3. The molecule has 0 radical (unpaired) electrons. The summed E-state index contributed by atoms with van der Waals surface area (Å²) in [6.45, 7) is 4.45. The molecule has 418 valence electrons. The van der Waals surface area contributed by atoms with Gasteiger partial charge in [0.25, 0.3) is 0 Å². The third kappa shape index (κ3) is 52.1.